The minimum absolute atomic E-state index is 1.18. The van der Waals surface area contributed by atoms with Crippen molar-refractivity contribution in [2.24, 2.45) is 0 Å². The Morgan fingerprint density at radius 1 is 1.57 bits per heavy atom. The molecule has 0 aromatic carbocycles. The fourth-order valence-electron chi connectivity index (χ4n) is 0.704. The van der Waals surface area contributed by atoms with Gasteiger partial charge in [0.2, 0.25) is 0 Å². The average molecular weight is 113 g/mol. The summed E-state index contributed by atoms with van der Waals surface area (Å²) in [6.45, 7) is 0. The molecule has 39 valence electrons. The van der Waals surface area contributed by atoms with E-state index < -0.39 is 0 Å². The number of hydrogen-bond donors (Lipinski definition) is 1. The summed E-state index contributed by atoms with van der Waals surface area (Å²) < 4.78 is 0. The first kappa shape index (κ1) is 5.23. The summed E-state index contributed by atoms with van der Waals surface area (Å²) in [5.74, 6) is 0. The Hall–Kier alpha value is 0.0900. The van der Waals surface area contributed by atoms with Crippen LogP contribution in [0.3, 0.4) is 0 Å². The monoisotopic (exact) mass is 113 g/mol. The second-order valence-electron chi connectivity index (χ2n) is 1.79. The van der Waals surface area contributed by atoms with Crippen LogP contribution in [0.25, 0.3) is 0 Å². The maximum atomic E-state index is 4.19. The molecule has 0 amide bonds. The fraction of sp³-hybridized carbons (Fsp3) is 0.500. The van der Waals surface area contributed by atoms with Crippen LogP contribution in [0.5, 0.6) is 0 Å². The molecule has 1 heteroatoms. The van der Waals surface area contributed by atoms with Gasteiger partial charge in [0, 0.05) is 5.25 Å². The van der Waals surface area contributed by atoms with E-state index in [2.05, 4.69) is 24.8 Å². The van der Waals surface area contributed by atoms with Crippen LogP contribution < -0.4 is 0 Å². The van der Waals surface area contributed by atoms with Crippen molar-refractivity contribution < 1.29 is 0 Å². The van der Waals surface area contributed by atoms with Crippen LogP contribution in [-0.2, 0) is 0 Å². The molecule has 0 bridgehead atoms. The maximum absolute atomic E-state index is 4.19. The second-order valence-corrected chi connectivity index (χ2v) is 2.36. The minimum Gasteiger partial charge on any atom is -0.167 e. The van der Waals surface area contributed by atoms with Crippen molar-refractivity contribution in [1.82, 2.24) is 0 Å². The van der Waals surface area contributed by atoms with Crippen LogP contribution in [0, 0.1) is 5.25 Å². The van der Waals surface area contributed by atoms with Gasteiger partial charge in [0.05, 0.1) is 0 Å². The molecular weight excluding hydrogens is 104 g/mol. The van der Waals surface area contributed by atoms with Gasteiger partial charge in [0.1, 0.15) is 0 Å². The Morgan fingerprint density at radius 2 is 2.43 bits per heavy atom. The van der Waals surface area contributed by atoms with Crippen LogP contribution in [-0.4, -0.2) is 0 Å². The predicted octanol–water partition coefficient (Wildman–Crippen LogP) is 2.19. The highest BCUT2D eigenvalue weighted by Crippen LogP contribution is 2.21. The average Bonchev–Trinajstić information content (AvgIpc) is 1.69. The van der Waals surface area contributed by atoms with Crippen molar-refractivity contribution in [1.29, 1.82) is 0 Å². The lowest BCUT2D eigenvalue weighted by Gasteiger charge is -2.06. The van der Waals surface area contributed by atoms with Gasteiger partial charge in [0.25, 0.3) is 0 Å². The molecule has 7 heavy (non-hydrogen) atoms. The summed E-state index contributed by atoms with van der Waals surface area (Å²) >= 11 is 4.19. The van der Waals surface area contributed by atoms with E-state index in [0.717, 1.165) is 0 Å². The zero-order valence-electron chi connectivity index (χ0n) is 4.22. The Kier molecular flexibility index (Phi) is 1.80. The van der Waals surface area contributed by atoms with Gasteiger partial charge in [0.15, 0.2) is 0 Å². The Bertz CT molecular complexity index is 76.2. The van der Waals surface area contributed by atoms with Gasteiger partial charge in [-0.3, -0.25) is 0 Å². The highest BCUT2D eigenvalue weighted by atomic mass is 32.1. The van der Waals surface area contributed by atoms with E-state index in [1.54, 1.807) is 0 Å². The van der Waals surface area contributed by atoms with Crippen molar-refractivity contribution in [3.8, 4) is 0 Å². The molecule has 1 radical (unpaired) electrons. The van der Waals surface area contributed by atoms with Crippen LogP contribution in [0.15, 0.2) is 12.2 Å². The summed E-state index contributed by atoms with van der Waals surface area (Å²) in [4.78, 5) is 0. The van der Waals surface area contributed by atoms with Gasteiger partial charge in [-0.05, 0) is 19.3 Å². The molecule has 0 N–H and O–H groups in total. The predicted molar refractivity (Wildman–Crippen MR) is 35.2 cm³/mol. The molecule has 0 atom stereocenters. The molecule has 0 aromatic rings. The first-order valence-electron chi connectivity index (χ1n) is 2.61. The van der Waals surface area contributed by atoms with Gasteiger partial charge in [-0.2, -0.15) is 12.6 Å². The van der Waals surface area contributed by atoms with Crippen LogP contribution in [0.4, 0.5) is 0 Å². The molecule has 0 spiro atoms. The van der Waals surface area contributed by atoms with Gasteiger partial charge in [-0.25, -0.2) is 0 Å². The van der Waals surface area contributed by atoms with Gasteiger partial charge in [-0.15, -0.1) is 0 Å². The summed E-state index contributed by atoms with van der Waals surface area (Å²) in [5.41, 5.74) is 0. The molecule has 1 rings (SSSR count). The minimum atomic E-state index is 1.18. The highest BCUT2D eigenvalue weighted by Gasteiger charge is 2.00. The van der Waals surface area contributed by atoms with Crippen LogP contribution >= 0.6 is 12.6 Å². The zero-order valence-corrected chi connectivity index (χ0v) is 5.12. The van der Waals surface area contributed by atoms with E-state index in [9.17, 15) is 0 Å². The molecule has 0 heterocycles. The van der Waals surface area contributed by atoms with Crippen LogP contribution in [0.1, 0.15) is 19.3 Å². The highest BCUT2D eigenvalue weighted by molar-refractivity contribution is 7.83. The Balaban J connectivity index is 2.36. The van der Waals surface area contributed by atoms with E-state index in [1.807, 2.05) is 0 Å². The lowest BCUT2D eigenvalue weighted by molar-refractivity contribution is 0.805. The van der Waals surface area contributed by atoms with E-state index in [4.69, 9.17) is 0 Å². The third-order valence-electron chi connectivity index (χ3n) is 1.11. The van der Waals surface area contributed by atoms with Crippen molar-refractivity contribution >= 4 is 12.6 Å². The third-order valence-corrected chi connectivity index (χ3v) is 1.49. The number of allylic oxidation sites excluding steroid dienone is 1. The van der Waals surface area contributed by atoms with Gasteiger partial charge in [-0.1, -0.05) is 12.2 Å². The van der Waals surface area contributed by atoms with Crippen molar-refractivity contribution in [3.05, 3.63) is 17.4 Å². The molecule has 1 aliphatic carbocycles. The van der Waals surface area contributed by atoms with E-state index >= 15 is 0 Å². The molecule has 0 unspecified atom stereocenters. The molecule has 0 aromatic heterocycles. The molecular formula is C6H9S. The van der Waals surface area contributed by atoms with Crippen molar-refractivity contribution in [2.45, 2.75) is 19.3 Å². The topological polar surface area (TPSA) is 0 Å². The maximum Gasteiger partial charge on any atom is 0.0488 e. The fourth-order valence-corrected chi connectivity index (χ4v) is 0.967. The van der Waals surface area contributed by atoms with E-state index in [0.29, 0.717) is 0 Å². The summed E-state index contributed by atoms with van der Waals surface area (Å²) in [6, 6.07) is 0. The molecule has 0 aliphatic heterocycles. The molecule has 1 aliphatic rings. The van der Waals surface area contributed by atoms with Crippen molar-refractivity contribution in [2.75, 3.05) is 0 Å². The lowest BCUT2D eigenvalue weighted by atomic mass is 10.1. The smallest absolute Gasteiger partial charge is 0.0488 e. The Morgan fingerprint density at radius 3 is 2.71 bits per heavy atom. The summed E-state index contributed by atoms with van der Waals surface area (Å²) in [6.07, 6.45) is 7.97. The van der Waals surface area contributed by atoms with Gasteiger partial charge >= 0.3 is 0 Å². The quantitative estimate of drug-likeness (QED) is 0.457. The zero-order chi connectivity index (χ0) is 5.11. The summed E-state index contributed by atoms with van der Waals surface area (Å²) in [5, 5.41) is 1.23. The normalized spacial score (nSPS) is 23.0. The van der Waals surface area contributed by atoms with Gasteiger partial charge < -0.3 is 0 Å². The standard InChI is InChI=1S/C6H9S/c7-6-4-2-1-3-5-6/h2,4,7H,1,3,5H2. The first-order chi connectivity index (χ1) is 3.39. The van der Waals surface area contributed by atoms with Crippen molar-refractivity contribution in [3.63, 3.8) is 0 Å². The van der Waals surface area contributed by atoms with Crippen LogP contribution in [0.2, 0.25) is 0 Å². The molecule has 0 fully saturated rings. The second kappa shape index (κ2) is 2.41. The number of rotatable bonds is 0. The molecule has 0 saturated heterocycles. The number of thiol groups is 1. The molecule has 0 saturated carbocycles. The Labute approximate surface area is 50.0 Å². The SMILES string of the molecule is S[C]1C=CCCC1. The third kappa shape index (κ3) is 1.56. The van der Waals surface area contributed by atoms with E-state index in [-0.39, 0.29) is 0 Å². The summed E-state index contributed by atoms with van der Waals surface area (Å²) in [7, 11) is 0. The largest absolute Gasteiger partial charge is 0.167 e. The number of hydrogen-bond acceptors (Lipinski definition) is 1. The lowest BCUT2D eigenvalue weighted by Crippen LogP contribution is -1.87. The first-order valence-corrected chi connectivity index (χ1v) is 3.05. The molecule has 0 nitrogen and oxygen atoms in total. The van der Waals surface area contributed by atoms with E-state index in [1.165, 1.54) is 24.5 Å².